The van der Waals surface area contributed by atoms with Crippen molar-refractivity contribution in [3.05, 3.63) is 42.1 Å². The smallest absolute Gasteiger partial charge is 0.276 e. The summed E-state index contributed by atoms with van der Waals surface area (Å²) in [5.74, 6) is 0.499. The van der Waals surface area contributed by atoms with Crippen LogP contribution in [-0.4, -0.2) is 60.3 Å². The summed E-state index contributed by atoms with van der Waals surface area (Å²) in [4.78, 5) is 17.2. The van der Waals surface area contributed by atoms with Crippen molar-refractivity contribution in [3.8, 4) is 0 Å². The minimum atomic E-state index is -0.242. The molecule has 7 heteroatoms. The molecular weight excluding hydrogens is 364 g/mol. The molecule has 0 radical (unpaired) electrons. The minimum Gasteiger partial charge on any atom is -0.369 e. The maximum atomic E-state index is 12.5. The fourth-order valence-corrected chi connectivity index (χ4v) is 4.00. The molecule has 1 saturated carbocycles. The van der Waals surface area contributed by atoms with Gasteiger partial charge in [0.1, 0.15) is 5.82 Å². The number of carbonyl (C=O) groups excluding carboxylic acids is 1. The van der Waals surface area contributed by atoms with E-state index in [-0.39, 0.29) is 5.91 Å². The molecule has 7 nitrogen and oxygen atoms in total. The second-order valence-electron chi connectivity index (χ2n) is 8.07. The lowest BCUT2D eigenvalue weighted by atomic mass is 9.95. The third-order valence-electron chi connectivity index (χ3n) is 5.85. The average molecular weight is 395 g/mol. The molecule has 2 fully saturated rings. The standard InChI is InChI=1S/C22H30N6O/c1-27-13-15-28(16-14-27)19-9-7-18(8-10-19)24-22(29)20-11-12-21(26-25-20)23-17-5-3-2-4-6-17/h7-12,17H,2-6,13-16H2,1H3,(H,23,26)(H,24,29). The van der Waals surface area contributed by atoms with Crippen molar-refractivity contribution in [2.24, 2.45) is 0 Å². The molecular formula is C22H30N6O. The van der Waals surface area contributed by atoms with E-state index in [1.807, 2.05) is 18.2 Å². The van der Waals surface area contributed by atoms with Gasteiger partial charge in [0.25, 0.3) is 5.91 Å². The molecule has 1 amide bonds. The Morgan fingerprint density at radius 3 is 2.31 bits per heavy atom. The van der Waals surface area contributed by atoms with Crippen molar-refractivity contribution in [1.82, 2.24) is 15.1 Å². The quantitative estimate of drug-likeness (QED) is 0.811. The molecule has 2 heterocycles. The van der Waals surface area contributed by atoms with Gasteiger partial charge in [0.05, 0.1) is 0 Å². The zero-order valence-electron chi connectivity index (χ0n) is 17.1. The van der Waals surface area contributed by atoms with E-state index in [1.54, 1.807) is 6.07 Å². The van der Waals surface area contributed by atoms with Gasteiger partial charge >= 0.3 is 0 Å². The van der Waals surface area contributed by atoms with Gasteiger partial charge in [0.15, 0.2) is 5.69 Å². The molecule has 1 aliphatic carbocycles. The van der Waals surface area contributed by atoms with Gasteiger partial charge in [-0.15, -0.1) is 10.2 Å². The highest BCUT2D eigenvalue weighted by Crippen LogP contribution is 2.21. The van der Waals surface area contributed by atoms with Gasteiger partial charge in [-0.3, -0.25) is 4.79 Å². The second kappa shape index (κ2) is 9.22. The third kappa shape index (κ3) is 5.23. The number of amides is 1. The van der Waals surface area contributed by atoms with E-state index in [2.05, 4.69) is 49.8 Å². The summed E-state index contributed by atoms with van der Waals surface area (Å²) >= 11 is 0. The Morgan fingerprint density at radius 2 is 1.66 bits per heavy atom. The van der Waals surface area contributed by atoms with E-state index in [1.165, 1.54) is 37.8 Å². The Bertz CT molecular complexity index is 793. The van der Waals surface area contributed by atoms with Gasteiger partial charge in [-0.2, -0.15) is 0 Å². The highest BCUT2D eigenvalue weighted by Gasteiger charge is 2.16. The lowest BCUT2D eigenvalue weighted by Gasteiger charge is -2.34. The summed E-state index contributed by atoms with van der Waals surface area (Å²) in [5.41, 5.74) is 2.27. The van der Waals surface area contributed by atoms with Crippen LogP contribution in [0.25, 0.3) is 0 Å². The summed E-state index contributed by atoms with van der Waals surface area (Å²) in [6.07, 6.45) is 6.19. The number of anilines is 3. The molecule has 0 spiro atoms. The van der Waals surface area contributed by atoms with E-state index < -0.39 is 0 Å². The number of piperazine rings is 1. The zero-order valence-corrected chi connectivity index (χ0v) is 17.1. The van der Waals surface area contributed by atoms with Crippen molar-refractivity contribution < 1.29 is 4.79 Å². The van der Waals surface area contributed by atoms with Crippen LogP contribution in [0.4, 0.5) is 17.2 Å². The van der Waals surface area contributed by atoms with Gasteiger partial charge in [-0.1, -0.05) is 19.3 Å². The summed E-state index contributed by atoms with van der Waals surface area (Å²) in [5, 5.41) is 14.6. The largest absolute Gasteiger partial charge is 0.369 e. The molecule has 2 aromatic rings. The molecule has 0 unspecified atom stereocenters. The van der Waals surface area contributed by atoms with Crippen LogP contribution in [0.3, 0.4) is 0 Å². The molecule has 154 valence electrons. The number of benzene rings is 1. The first kappa shape index (κ1) is 19.6. The number of likely N-dealkylation sites (N-methyl/N-ethyl adjacent to an activating group) is 1. The van der Waals surface area contributed by atoms with E-state index in [0.29, 0.717) is 11.7 Å². The predicted molar refractivity (Wildman–Crippen MR) is 117 cm³/mol. The van der Waals surface area contributed by atoms with Crippen LogP contribution in [0.5, 0.6) is 0 Å². The van der Waals surface area contributed by atoms with Crippen molar-refractivity contribution in [3.63, 3.8) is 0 Å². The monoisotopic (exact) mass is 394 g/mol. The summed E-state index contributed by atoms with van der Waals surface area (Å²) in [6, 6.07) is 12.0. The van der Waals surface area contributed by atoms with Crippen LogP contribution in [0.15, 0.2) is 36.4 Å². The van der Waals surface area contributed by atoms with Gasteiger partial charge < -0.3 is 20.4 Å². The molecule has 2 N–H and O–H groups in total. The number of carbonyl (C=O) groups is 1. The van der Waals surface area contributed by atoms with Gasteiger partial charge in [0, 0.05) is 43.6 Å². The number of aromatic nitrogens is 2. The SMILES string of the molecule is CN1CCN(c2ccc(NC(=O)c3ccc(NC4CCCCC4)nn3)cc2)CC1. The van der Waals surface area contributed by atoms with Crippen LogP contribution >= 0.6 is 0 Å². The molecule has 29 heavy (non-hydrogen) atoms. The van der Waals surface area contributed by atoms with Crippen LogP contribution in [0, 0.1) is 0 Å². The van der Waals surface area contributed by atoms with Crippen LogP contribution in [0.2, 0.25) is 0 Å². The number of nitrogens with one attached hydrogen (secondary N) is 2. The Hall–Kier alpha value is -2.67. The highest BCUT2D eigenvalue weighted by atomic mass is 16.1. The average Bonchev–Trinajstić information content (AvgIpc) is 2.76. The molecule has 1 aromatic heterocycles. The predicted octanol–water partition coefficient (Wildman–Crippen LogP) is 3.23. The molecule has 0 atom stereocenters. The summed E-state index contributed by atoms with van der Waals surface area (Å²) in [7, 11) is 2.15. The fourth-order valence-electron chi connectivity index (χ4n) is 4.00. The topological polar surface area (TPSA) is 73.4 Å². The van der Waals surface area contributed by atoms with E-state index in [9.17, 15) is 4.79 Å². The van der Waals surface area contributed by atoms with Gasteiger partial charge in [0.2, 0.25) is 0 Å². The number of rotatable bonds is 5. The van der Waals surface area contributed by atoms with Crippen molar-refractivity contribution in [2.45, 2.75) is 38.1 Å². The number of hydrogen-bond donors (Lipinski definition) is 2. The number of nitrogens with zero attached hydrogens (tertiary/aromatic N) is 4. The normalized spacial score (nSPS) is 18.4. The molecule has 1 aromatic carbocycles. The third-order valence-corrected chi connectivity index (χ3v) is 5.85. The second-order valence-corrected chi connectivity index (χ2v) is 8.07. The Labute approximate surface area is 172 Å². The Balaban J connectivity index is 1.31. The summed E-state index contributed by atoms with van der Waals surface area (Å²) < 4.78 is 0. The molecule has 4 rings (SSSR count). The molecule has 1 aliphatic heterocycles. The zero-order chi connectivity index (χ0) is 20.1. The van der Waals surface area contributed by atoms with Crippen LogP contribution in [-0.2, 0) is 0 Å². The van der Waals surface area contributed by atoms with Gasteiger partial charge in [-0.05, 0) is 56.3 Å². The minimum absolute atomic E-state index is 0.242. The van der Waals surface area contributed by atoms with E-state index >= 15 is 0 Å². The van der Waals surface area contributed by atoms with Crippen molar-refractivity contribution in [1.29, 1.82) is 0 Å². The van der Waals surface area contributed by atoms with Gasteiger partial charge in [-0.25, -0.2) is 0 Å². The molecule has 2 aliphatic rings. The van der Waals surface area contributed by atoms with E-state index in [0.717, 1.165) is 37.7 Å². The summed E-state index contributed by atoms with van der Waals surface area (Å²) in [6.45, 7) is 4.20. The van der Waals surface area contributed by atoms with E-state index in [4.69, 9.17) is 0 Å². The first-order valence-corrected chi connectivity index (χ1v) is 10.6. The lowest BCUT2D eigenvalue weighted by molar-refractivity contribution is 0.102. The maximum absolute atomic E-state index is 12.5. The van der Waals surface area contributed by atoms with Crippen LogP contribution < -0.4 is 15.5 Å². The maximum Gasteiger partial charge on any atom is 0.276 e. The first-order valence-electron chi connectivity index (χ1n) is 10.6. The fraction of sp³-hybridized carbons (Fsp3) is 0.500. The Morgan fingerprint density at radius 1 is 0.931 bits per heavy atom. The molecule has 1 saturated heterocycles. The first-order chi connectivity index (χ1) is 14.2. The Kier molecular flexibility index (Phi) is 6.24. The van der Waals surface area contributed by atoms with Crippen molar-refractivity contribution in [2.75, 3.05) is 48.8 Å². The lowest BCUT2D eigenvalue weighted by Crippen LogP contribution is -2.44. The highest BCUT2D eigenvalue weighted by molar-refractivity contribution is 6.02. The molecule has 0 bridgehead atoms. The number of hydrogen-bond acceptors (Lipinski definition) is 6. The van der Waals surface area contributed by atoms with Crippen molar-refractivity contribution >= 4 is 23.1 Å². The van der Waals surface area contributed by atoms with Crippen LogP contribution in [0.1, 0.15) is 42.6 Å².